The van der Waals surface area contributed by atoms with Crippen molar-refractivity contribution in [2.75, 3.05) is 19.7 Å². The highest BCUT2D eigenvalue weighted by atomic mass is 27.0. The fraction of sp³-hybridized carbons (Fsp3) is 0.800. The Hall–Kier alpha value is -0.898. The number of likely N-dealkylation sites (tertiary alicyclic amines) is 1. The largest absolute Gasteiger partial charge is 0.444 e. The second-order valence-corrected chi connectivity index (χ2v) is 7.75. The third kappa shape index (κ3) is 4.09. The molecule has 6 nitrogen and oxygen atoms in total. The highest BCUT2D eigenvalue weighted by Gasteiger charge is 2.53. The maximum Gasteiger partial charge on any atom is 0.410 e. The molecule has 2 atom stereocenters. The number of ether oxygens (including phenoxy) is 2. The van der Waals surface area contributed by atoms with Crippen LogP contribution in [0.15, 0.2) is 0 Å². The first kappa shape index (κ1) is 17.5. The Labute approximate surface area is 138 Å². The number of piperidine rings is 1. The van der Waals surface area contributed by atoms with Crippen LogP contribution in [-0.4, -0.2) is 68.6 Å². The minimum Gasteiger partial charge on any atom is -0.444 e. The molecule has 7 heteroatoms. The van der Waals surface area contributed by atoms with Crippen LogP contribution >= 0.6 is 0 Å². The van der Waals surface area contributed by atoms with Crippen molar-refractivity contribution in [2.24, 2.45) is 5.92 Å². The summed E-state index contributed by atoms with van der Waals surface area (Å²) in [5, 5.41) is 0. The second kappa shape index (κ2) is 6.31. The van der Waals surface area contributed by atoms with E-state index >= 15 is 0 Å². The highest BCUT2D eigenvalue weighted by molar-refractivity contribution is 6.59. The van der Waals surface area contributed by atoms with Crippen molar-refractivity contribution in [1.82, 2.24) is 4.90 Å². The lowest BCUT2D eigenvalue weighted by Crippen LogP contribution is -2.64. The lowest BCUT2D eigenvalue weighted by atomic mass is 9.73. The van der Waals surface area contributed by atoms with Gasteiger partial charge in [0.05, 0.1) is 12.2 Å². The number of amides is 1. The van der Waals surface area contributed by atoms with Crippen LogP contribution in [0.2, 0.25) is 0 Å². The number of ketones is 1. The van der Waals surface area contributed by atoms with Gasteiger partial charge in [-0.1, -0.05) is 0 Å². The summed E-state index contributed by atoms with van der Waals surface area (Å²) in [7, 11) is 0. The fourth-order valence-corrected chi connectivity index (χ4v) is 3.21. The molecule has 0 bridgehead atoms. The molecular formula is C15H22AlNO5. The van der Waals surface area contributed by atoms with Crippen LogP contribution in [0.3, 0.4) is 0 Å². The van der Waals surface area contributed by atoms with Crippen LogP contribution in [0.4, 0.5) is 4.79 Å². The van der Waals surface area contributed by atoms with Gasteiger partial charge in [-0.3, -0.25) is 4.79 Å². The van der Waals surface area contributed by atoms with E-state index in [9.17, 15) is 14.4 Å². The second-order valence-electron chi connectivity index (χ2n) is 7.11. The van der Waals surface area contributed by atoms with E-state index in [1.165, 1.54) is 0 Å². The Bertz CT molecular complexity index is 487. The van der Waals surface area contributed by atoms with E-state index in [-0.39, 0.29) is 35.3 Å². The number of carbonyl (C=O) groups excluding carboxylic acids is 3. The molecule has 2 unspecified atom stereocenters. The smallest absolute Gasteiger partial charge is 0.410 e. The highest BCUT2D eigenvalue weighted by Crippen LogP contribution is 2.43. The van der Waals surface area contributed by atoms with Crippen molar-refractivity contribution in [3.63, 3.8) is 0 Å². The van der Waals surface area contributed by atoms with Crippen LogP contribution in [0, 0.1) is 5.92 Å². The summed E-state index contributed by atoms with van der Waals surface area (Å²) >= 11 is 2.02. The number of rotatable bonds is 4. The van der Waals surface area contributed by atoms with Gasteiger partial charge in [-0.15, -0.1) is 0 Å². The van der Waals surface area contributed by atoms with E-state index in [1.54, 1.807) is 4.90 Å². The first-order valence-corrected chi connectivity index (χ1v) is 8.11. The molecule has 2 heterocycles. The normalized spacial score (nSPS) is 27.6. The lowest BCUT2D eigenvalue weighted by Gasteiger charge is -2.54. The standard InChI is InChI=1S/C15H22NO5.Al/c1-14(2,3)21-13(19)16-6-5-15(8-12(18)4-7-17)11(9-16)10-20-15;/h11H,4-6,8-10H2,1-3H3;. The van der Waals surface area contributed by atoms with Crippen molar-refractivity contribution in [1.29, 1.82) is 0 Å². The number of carbonyl (C=O) groups is 3. The molecule has 0 N–H and O–H groups in total. The molecule has 22 heavy (non-hydrogen) atoms. The van der Waals surface area contributed by atoms with Crippen molar-refractivity contribution < 1.29 is 23.9 Å². The Morgan fingerprint density at radius 3 is 2.50 bits per heavy atom. The van der Waals surface area contributed by atoms with E-state index in [0.29, 0.717) is 26.1 Å². The molecule has 1 amide bonds. The molecule has 120 valence electrons. The van der Waals surface area contributed by atoms with Crippen molar-refractivity contribution in [3.8, 4) is 0 Å². The predicted octanol–water partition coefficient (Wildman–Crippen LogP) is 1.06. The third-order valence-electron chi connectivity index (χ3n) is 4.08. The van der Waals surface area contributed by atoms with Crippen LogP contribution in [0.1, 0.15) is 40.0 Å². The van der Waals surface area contributed by atoms with Gasteiger partial charge in [0.15, 0.2) is 0 Å². The molecule has 0 aromatic rings. The van der Waals surface area contributed by atoms with Gasteiger partial charge in [-0.05, 0) is 27.2 Å². The van der Waals surface area contributed by atoms with E-state index in [1.807, 2.05) is 37.1 Å². The molecule has 2 fully saturated rings. The van der Waals surface area contributed by atoms with E-state index in [0.717, 1.165) is 0 Å². The number of nitrogens with zero attached hydrogens (tertiary/aromatic N) is 1. The van der Waals surface area contributed by atoms with Crippen molar-refractivity contribution in [3.05, 3.63) is 0 Å². The number of hydrogen-bond acceptors (Lipinski definition) is 5. The molecular weight excluding hydrogens is 301 g/mol. The zero-order valence-corrected chi connectivity index (χ0v) is 14.5. The van der Waals surface area contributed by atoms with Gasteiger partial charge in [0.2, 0.25) is 16.3 Å². The number of fused-ring (bicyclic) bond motifs is 1. The summed E-state index contributed by atoms with van der Waals surface area (Å²) in [5.74, 6) is 0.0350. The van der Waals surface area contributed by atoms with Gasteiger partial charge in [-0.2, -0.15) is 0 Å². The molecule has 2 aliphatic rings. The maximum atomic E-state index is 12.1. The minimum atomic E-state index is -0.517. The summed E-state index contributed by atoms with van der Waals surface area (Å²) in [5.41, 5.74) is -1.01. The van der Waals surface area contributed by atoms with Gasteiger partial charge in [0.1, 0.15) is 11.4 Å². The lowest BCUT2D eigenvalue weighted by molar-refractivity contribution is -0.230. The summed E-state index contributed by atoms with van der Waals surface area (Å²) in [6.07, 6.45) is 0.464. The fourth-order valence-electron chi connectivity index (χ4n) is 2.98. The maximum absolute atomic E-state index is 12.1. The van der Waals surface area contributed by atoms with Gasteiger partial charge >= 0.3 is 6.09 Å². The average Bonchev–Trinajstić information content (AvgIpc) is 2.31. The quantitative estimate of drug-likeness (QED) is 0.571. The van der Waals surface area contributed by atoms with Crippen LogP contribution < -0.4 is 0 Å². The monoisotopic (exact) mass is 323 g/mol. The summed E-state index contributed by atoms with van der Waals surface area (Å²) in [4.78, 5) is 36.7. The molecule has 2 aliphatic heterocycles. The first-order valence-electron chi connectivity index (χ1n) is 7.53. The van der Waals surface area contributed by atoms with Gasteiger partial charge in [0, 0.05) is 36.5 Å². The molecule has 0 spiro atoms. The Kier molecular flexibility index (Phi) is 5.00. The topological polar surface area (TPSA) is 72.9 Å². The Morgan fingerprint density at radius 1 is 1.36 bits per heavy atom. The van der Waals surface area contributed by atoms with Crippen molar-refractivity contribution in [2.45, 2.75) is 51.2 Å². The van der Waals surface area contributed by atoms with E-state index in [2.05, 4.69) is 0 Å². The number of Topliss-reactive ketones (excluding diaryl/α,β-unsaturated/α-hetero) is 1. The van der Waals surface area contributed by atoms with Crippen molar-refractivity contribution >= 4 is 32.8 Å². The Balaban J connectivity index is 1.92. The molecule has 0 saturated carbocycles. The molecule has 2 rings (SSSR count). The molecule has 0 aromatic heterocycles. The van der Waals surface area contributed by atoms with Crippen LogP contribution in [-0.2, 0) is 19.1 Å². The molecule has 0 aromatic carbocycles. The van der Waals surface area contributed by atoms with Crippen LogP contribution in [0.25, 0.3) is 0 Å². The van der Waals surface area contributed by atoms with E-state index in [4.69, 9.17) is 9.47 Å². The van der Waals surface area contributed by atoms with E-state index < -0.39 is 11.2 Å². The SMILES string of the molecule is CC(C)(C)OC(=O)N1CCC2(CC(=O)C[C](=O)[Al])OCC2C1. The van der Waals surface area contributed by atoms with Crippen LogP contribution in [0.5, 0.6) is 0 Å². The molecule has 2 saturated heterocycles. The summed E-state index contributed by atoms with van der Waals surface area (Å²) in [6.45, 7) is 7.10. The summed E-state index contributed by atoms with van der Waals surface area (Å²) in [6, 6.07) is 0. The minimum absolute atomic E-state index is 0.0712. The van der Waals surface area contributed by atoms with Gasteiger partial charge in [-0.25, -0.2) is 4.79 Å². The zero-order chi connectivity index (χ0) is 16.5. The first-order chi connectivity index (χ1) is 10.1. The average molecular weight is 323 g/mol. The number of hydrogen-bond donors (Lipinski definition) is 0. The summed E-state index contributed by atoms with van der Waals surface area (Å²) < 4.78 is 10.9. The molecule has 2 radical (unpaired) electrons. The predicted molar refractivity (Wildman–Crippen MR) is 79.6 cm³/mol. The van der Waals surface area contributed by atoms with Gasteiger partial charge < -0.3 is 19.2 Å². The third-order valence-corrected chi connectivity index (χ3v) is 4.29. The van der Waals surface area contributed by atoms with Gasteiger partial charge in [0.25, 0.3) is 0 Å². The zero-order valence-electron chi connectivity index (χ0n) is 13.4. The molecule has 0 aliphatic carbocycles. The Morgan fingerprint density at radius 2 is 2.05 bits per heavy atom.